The van der Waals surface area contributed by atoms with Crippen molar-refractivity contribution in [2.24, 2.45) is 11.1 Å². The number of thiocarbonyl (C=S) groups is 1. The van der Waals surface area contributed by atoms with Crippen LogP contribution in [0.15, 0.2) is 0 Å². The van der Waals surface area contributed by atoms with Gasteiger partial charge in [-0.15, -0.1) is 0 Å². The molecule has 0 spiro atoms. The number of nitrogens with zero attached hydrogens (tertiary/aromatic N) is 1. The highest BCUT2D eigenvalue weighted by molar-refractivity contribution is 7.80. The number of hydrogen-bond donors (Lipinski definition) is 2. The molecule has 0 aromatic heterocycles. The number of rotatable bonds is 6. The maximum Gasteiger partial charge on any atom is 0.234 e. The van der Waals surface area contributed by atoms with E-state index in [1.165, 1.54) is 0 Å². The van der Waals surface area contributed by atoms with E-state index >= 15 is 0 Å². The predicted octanol–water partition coefficient (Wildman–Crippen LogP) is 1.68. The van der Waals surface area contributed by atoms with Crippen LogP contribution in [0.5, 0.6) is 0 Å². The molecule has 1 heterocycles. The Balaban J connectivity index is 2.33. The second-order valence-corrected chi connectivity index (χ2v) is 6.40. The van der Waals surface area contributed by atoms with E-state index in [2.05, 4.69) is 31.0 Å². The summed E-state index contributed by atoms with van der Waals surface area (Å²) in [7, 11) is 0. The molecule has 0 radical (unpaired) electrons. The molecule has 1 saturated heterocycles. The molecule has 19 heavy (non-hydrogen) atoms. The topological polar surface area (TPSA) is 58.4 Å². The highest BCUT2D eigenvalue weighted by atomic mass is 32.1. The Morgan fingerprint density at radius 3 is 2.53 bits per heavy atom. The van der Waals surface area contributed by atoms with Gasteiger partial charge in [0.05, 0.1) is 11.5 Å². The molecule has 0 bridgehead atoms. The number of piperidine rings is 1. The lowest BCUT2D eigenvalue weighted by molar-refractivity contribution is -0.123. The van der Waals surface area contributed by atoms with Gasteiger partial charge in [0.15, 0.2) is 0 Å². The summed E-state index contributed by atoms with van der Waals surface area (Å²) in [5.74, 6) is 0.125. The van der Waals surface area contributed by atoms with Gasteiger partial charge in [-0.25, -0.2) is 0 Å². The van der Waals surface area contributed by atoms with Gasteiger partial charge in [0.2, 0.25) is 5.91 Å². The van der Waals surface area contributed by atoms with Crippen LogP contribution in [0.2, 0.25) is 0 Å². The lowest BCUT2D eigenvalue weighted by Crippen LogP contribution is -2.48. The monoisotopic (exact) mass is 285 g/mol. The van der Waals surface area contributed by atoms with Crippen LogP contribution in [0.4, 0.5) is 0 Å². The Bertz CT molecular complexity index is 325. The lowest BCUT2D eigenvalue weighted by Gasteiger charge is -2.38. The van der Waals surface area contributed by atoms with E-state index in [0.29, 0.717) is 11.5 Å². The zero-order valence-corrected chi connectivity index (χ0v) is 13.2. The second-order valence-electron chi connectivity index (χ2n) is 5.96. The molecule has 1 aliphatic heterocycles. The molecule has 110 valence electrons. The zero-order chi connectivity index (χ0) is 14.5. The van der Waals surface area contributed by atoms with E-state index in [0.717, 1.165) is 38.8 Å². The molecular weight excluding hydrogens is 258 g/mol. The molecule has 1 atom stereocenters. The Labute approximate surface area is 122 Å². The van der Waals surface area contributed by atoms with Crippen molar-refractivity contribution in [1.82, 2.24) is 10.2 Å². The van der Waals surface area contributed by atoms with E-state index in [1.807, 2.05) is 0 Å². The smallest absolute Gasteiger partial charge is 0.234 e. The summed E-state index contributed by atoms with van der Waals surface area (Å²) in [5.41, 5.74) is 5.75. The average Bonchev–Trinajstić information content (AvgIpc) is 2.32. The summed E-state index contributed by atoms with van der Waals surface area (Å²) < 4.78 is 0. The molecular formula is C14H27N3OS. The summed E-state index contributed by atoms with van der Waals surface area (Å²) in [6, 6.07) is 0.268. The minimum absolute atomic E-state index is 0.0299. The summed E-state index contributed by atoms with van der Waals surface area (Å²) in [5, 5.41) is 3.04. The number of likely N-dealkylation sites (tertiary alicyclic amines) is 1. The molecule has 0 aliphatic carbocycles. The van der Waals surface area contributed by atoms with Crippen LogP contribution in [-0.2, 0) is 4.79 Å². The van der Waals surface area contributed by atoms with Crippen LogP contribution in [0.1, 0.15) is 46.5 Å². The first kappa shape index (κ1) is 16.4. The van der Waals surface area contributed by atoms with Crippen LogP contribution in [0.25, 0.3) is 0 Å². The summed E-state index contributed by atoms with van der Waals surface area (Å²) >= 11 is 5.12. The van der Waals surface area contributed by atoms with Gasteiger partial charge in [-0.3, -0.25) is 9.69 Å². The van der Waals surface area contributed by atoms with Crippen LogP contribution < -0.4 is 11.1 Å². The van der Waals surface area contributed by atoms with E-state index in [9.17, 15) is 4.79 Å². The molecule has 1 amide bonds. The standard InChI is InChI=1S/C14H27N3OS/c1-4-5-11(2)16-12(18)10-17-8-6-14(3,7-9-17)13(15)19/h11H,4-10H2,1-3H3,(H2,15,19)(H,16,18). The van der Waals surface area contributed by atoms with E-state index in [1.54, 1.807) is 0 Å². The summed E-state index contributed by atoms with van der Waals surface area (Å²) in [6.45, 7) is 8.58. The van der Waals surface area contributed by atoms with E-state index in [4.69, 9.17) is 18.0 Å². The second kappa shape index (κ2) is 7.20. The molecule has 5 heteroatoms. The van der Waals surface area contributed by atoms with Gasteiger partial charge in [0, 0.05) is 11.5 Å². The average molecular weight is 285 g/mol. The molecule has 3 N–H and O–H groups in total. The minimum atomic E-state index is -0.0299. The van der Waals surface area contributed by atoms with Gasteiger partial charge < -0.3 is 11.1 Å². The fourth-order valence-corrected chi connectivity index (χ4v) is 2.68. The summed E-state index contributed by atoms with van der Waals surface area (Å²) in [4.78, 5) is 14.7. The van der Waals surface area contributed by atoms with Crippen molar-refractivity contribution in [1.29, 1.82) is 0 Å². The van der Waals surface area contributed by atoms with Gasteiger partial charge in [0.1, 0.15) is 0 Å². The van der Waals surface area contributed by atoms with Crippen molar-refractivity contribution in [2.45, 2.75) is 52.5 Å². The van der Waals surface area contributed by atoms with Crippen LogP contribution in [0, 0.1) is 5.41 Å². The molecule has 0 aromatic carbocycles. The Kier molecular flexibility index (Phi) is 6.20. The number of amides is 1. The quantitative estimate of drug-likeness (QED) is 0.729. The van der Waals surface area contributed by atoms with Crippen molar-refractivity contribution in [3.63, 3.8) is 0 Å². The van der Waals surface area contributed by atoms with Crippen LogP contribution >= 0.6 is 12.2 Å². The zero-order valence-electron chi connectivity index (χ0n) is 12.4. The Morgan fingerprint density at radius 2 is 2.05 bits per heavy atom. The molecule has 4 nitrogen and oxygen atoms in total. The summed E-state index contributed by atoms with van der Waals surface area (Å²) in [6.07, 6.45) is 4.02. The minimum Gasteiger partial charge on any atom is -0.393 e. The number of nitrogens with one attached hydrogen (secondary N) is 1. The molecule has 1 fully saturated rings. The molecule has 1 unspecified atom stereocenters. The number of carbonyl (C=O) groups is 1. The highest BCUT2D eigenvalue weighted by Gasteiger charge is 2.33. The van der Waals surface area contributed by atoms with E-state index < -0.39 is 0 Å². The van der Waals surface area contributed by atoms with Crippen LogP contribution in [0.3, 0.4) is 0 Å². The third-order valence-corrected chi connectivity index (χ3v) is 4.54. The first-order valence-electron chi connectivity index (χ1n) is 7.19. The SMILES string of the molecule is CCCC(C)NC(=O)CN1CCC(C)(C(N)=S)CC1. The van der Waals surface area contributed by atoms with Crippen molar-refractivity contribution >= 4 is 23.1 Å². The van der Waals surface area contributed by atoms with E-state index in [-0.39, 0.29) is 17.4 Å². The van der Waals surface area contributed by atoms with Gasteiger partial charge in [-0.1, -0.05) is 32.5 Å². The fraction of sp³-hybridized carbons (Fsp3) is 0.857. The van der Waals surface area contributed by atoms with Gasteiger partial charge in [-0.2, -0.15) is 0 Å². The van der Waals surface area contributed by atoms with Gasteiger partial charge in [-0.05, 0) is 39.3 Å². The van der Waals surface area contributed by atoms with Crippen molar-refractivity contribution in [3.05, 3.63) is 0 Å². The third-order valence-electron chi connectivity index (χ3n) is 4.05. The largest absolute Gasteiger partial charge is 0.393 e. The van der Waals surface area contributed by atoms with Crippen LogP contribution in [-0.4, -0.2) is 41.5 Å². The van der Waals surface area contributed by atoms with Crippen molar-refractivity contribution in [2.75, 3.05) is 19.6 Å². The van der Waals surface area contributed by atoms with Gasteiger partial charge >= 0.3 is 0 Å². The molecule has 0 saturated carbocycles. The number of hydrogen-bond acceptors (Lipinski definition) is 3. The first-order valence-corrected chi connectivity index (χ1v) is 7.60. The molecule has 1 aliphatic rings. The third kappa shape index (κ3) is 5.07. The lowest BCUT2D eigenvalue weighted by atomic mass is 9.80. The maximum absolute atomic E-state index is 11.9. The number of carbonyl (C=O) groups excluding carboxylic acids is 1. The fourth-order valence-electron chi connectivity index (χ4n) is 2.48. The Hall–Kier alpha value is -0.680. The van der Waals surface area contributed by atoms with Gasteiger partial charge in [0.25, 0.3) is 0 Å². The maximum atomic E-state index is 11.9. The molecule has 0 aromatic rings. The predicted molar refractivity (Wildman–Crippen MR) is 83.1 cm³/mol. The highest BCUT2D eigenvalue weighted by Crippen LogP contribution is 2.30. The Morgan fingerprint density at radius 1 is 1.47 bits per heavy atom. The van der Waals surface area contributed by atoms with Crippen molar-refractivity contribution in [3.8, 4) is 0 Å². The molecule has 1 rings (SSSR count). The van der Waals surface area contributed by atoms with Crippen molar-refractivity contribution < 1.29 is 4.79 Å². The number of nitrogens with two attached hydrogens (primary N) is 1. The normalized spacial score (nSPS) is 20.8. The first-order chi connectivity index (χ1) is 8.87.